The number of para-hydroxylation sites is 2. The summed E-state index contributed by atoms with van der Waals surface area (Å²) in [6, 6.07) is 26.1. The van der Waals surface area contributed by atoms with E-state index in [9.17, 15) is 4.79 Å². The smallest absolute Gasteiger partial charge is 0.231 e. The molecule has 0 aliphatic rings. The molecule has 35 heavy (non-hydrogen) atoms. The van der Waals surface area contributed by atoms with Crippen LogP contribution in [-0.2, 0) is 0 Å². The largest absolute Gasteiger partial charge is 0.494 e. The SMILES string of the molecule is CCCOc1ccc(C(=O)/C(=C/c2ccc(-c3ccc(Br)cc3)o2)c2nc3ccccc3o2)cc1. The fourth-order valence-electron chi connectivity index (χ4n) is 3.63. The van der Waals surface area contributed by atoms with Gasteiger partial charge < -0.3 is 13.6 Å². The van der Waals surface area contributed by atoms with Gasteiger partial charge in [-0.05, 0) is 73.2 Å². The van der Waals surface area contributed by atoms with Gasteiger partial charge in [-0.2, -0.15) is 0 Å². The van der Waals surface area contributed by atoms with Gasteiger partial charge in [-0.25, -0.2) is 4.98 Å². The number of Topliss-reactive ketones (excluding diaryl/α,β-unsaturated/α-hetero) is 1. The lowest BCUT2D eigenvalue weighted by Crippen LogP contribution is -2.03. The van der Waals surface area contributed by atoms with Crippen LogP contribution in [0.4, 0.5) is 0 Å². The minimum absolute atomic E-state index is 0.222. The maximum atomic E-state index is 13.6. The zero-order chi connectivity index (χ0) is 24.2. The molecule has 5 rings (SSSR count). The average Bonchev–Trinajstić information content (AvgIpc) is 3.53. The quantitative estimate of drug-likeness (QED) is 0.151. The van der Waals surface area contributed by atoms with Gasteiger partial charge in [0.2, 0.25) is 5.89 Å². The highest BCUT2D eigenvalue weighted by Crippen LogP contribution is 2.30. The van der Waals surface area contributed by atoms with Crippen molar-refractivity contribution >= 4 is 44.5 Å². The highest BCUT2D eigenvalue weighted by atomic mass is 79.9. The molecule has 0 unspecified atom stereocenters. The Bertz CT molecular complexity index is 1460. The summed E-state index contributed by atoms with van der Waals surface area (Å²) in [6.07, 6.45) is 2.59. The first-order valence-corrected chi connectivity index (χ1v) is 12.1. The third kappa shape index (κ3) is 5.12. The molecule has 2 heterocycles. The maximum Gasteiger partial charge on any atom is 0.231 e. The monoisotopic (exact) mass is 527 g/mol. The molecule has 6 heteroatoms. The number of benzene rings is 3. The Morgan fingerprint density at radius 1 is 0.943 bits per heavy atom. The molecule has 0 amide bonds. The minimum Gasteiger partial charge on any atom is -0.494 e. The van der Waals surface area contributed by atoms with Crippen LogP contribution in [0.3, 0.4) is 0 Å². The number of rotatable bonds is 8. The van der Waals surface area contributed by atoms with E-state index >= 15 is 0 Å². The van der Waals surface area contributed by atoms with Crippen LogP contribution in [-0.4, -0.2) is 17.4 Å². The third-order valence-corrected chi connectivity index (χ3v) is 5.93. The average molecular weight is 528 g/mol. The fraction of sp³-hybridized carbons (Fsp3) is 0.103. The highest BCUT2D eigenvalue weighted by molar-refractivity contribution is 9.10. The summed E-state index contributed by atoms with van der Waals surface area (Å²) >= 11 is 3.45. The lowest BCUT2D eigenvalue weighted by molar-refractivity contribution is 0.105. The molecule has 174 valence electrons. The van der Waals surface area contributed by atoms with Crippen LogP contribution in [0.25, 0.3) is 34.1 Å². The van der Waals surface area contributed by atoms with Crippen molar-refractivity contribution in [3.05, 3.63) is 107 Å². The third-order valence-electron chi connectivity index (χ3n) is 5.40. The number of fused-ring (bicyclic) bond motifs is 1. The summed E-state index contributed by atoms with van der Waals surface area (Å²) in [4.78, 5) is 18.2. The summed E-state index contributed by atoms with van der Waals surface area (Å²) < 4.78 is 18.6. The Morgan fingerprint density at radius 3 is 2.46 bits per heavy atom. The van der Waals surface area contributed by atoms with Crippen molar-refractivity contribution in [1.82, 2.24) is 4.98 Å². The van der Waals surface area contributed by atoms with Crippen LogP contribution < -0.4 is 4.74 Å². The number of oxazole rings is 1. The van der Waals surface area contributed by atoms with Gasteiger partial charge >= 0.3 is 0 Å². The van der Waals surface area contributed by atoms with Crippen molar-refractivity contribution in [1.29, 1.82) is 0 Å². The number of ketones is 1. The van der Waals surface area contributed by atoms with Gasteiger partial charge in [-0.15, -0.1) is 0 Å². The lowest BCUT2D eigenvalue weighted by atomic mass is 10.0. The molecule has 3 aromatic carbocycles. The Hall–Kier alpha value is -3.90. The summed E-state index contributed by atoms with van der Waals surface area (Å²) in [5.74, 6) is 1.97. The number of hydrogen-bond donors (Lipinski definition) is 0. The van der Waals surface area contributed by atoms with E-state index in [1.807, 2.05) is 67.6 Å². The van der Waals surface area contributed by atoms with Crippen LogP contribution in [0.15, 0.2) is 98.2 Å². The predicted octanol–water partition coefficient (Wildman–Crippen LogP) is 8.06. The maximum absolute atomic E-state index is 13.6. The molecule has 0 spiro atoms. The summed E-state index contributed by atoms with van der Waals surface area (Å²) in [5, 5.41) is 0. The van der Waals surface area contributed by atoms with E-state index in [4.69, 9.17) is 13.6 Å². The van der Waals surface area contributed by atoms with Gasteiger partial charge in [0.25, 0.3) is 0 Å². The summed E-state index contributed by atoms with van der Waals surface area (Å²) in [7, 11) is 0. The van der Waals surface area contributed by atoms with E-state index < -0.39 is 0 Å². The first kappa shape index (κ1) is 22.9. The predicted molar refractivity (Wildman–Crippen MR) is 140 cm³/mol. The molecular weight excluding hydrogens is 506 g/mol. The Kier molecular flexibility index (Phi) is 6.64. The molecule has 0 radical (unpaired) electrons. The molecule has 0 fully saturated rings. The van der Waals surface area contributed by atoms with Crippen molar-refractivity contribution in [3.63, 3.8) is 0 Å². The van der Waals surface area contributed by atoms with E-state index in [2.05, 4.69) is 20.9 Å². The van der Waals surface area contributed by atoms with E-state index in [0.29, 0.717) is 40.4 Å². The van der Waals surface area contributed by atoms with Gasteiger partial charge in [-0.1, -0.05) is 47.1 Å². The Labute approximate surface area is 211 Å². The lowest BCUT2D eigenvalue weighted by Gasteiger charge is -2.06. The minimum atomic E-state index is -0.222. The topological polar surface area (TPSA) is 65.5 Å². The normalized spacial score (nSPS) is 11.7. The van der Waals surface area contributed by atoms with Crippen LogP contribution in [0.5, 0.6) is 5.75 Å². The Morgan fingerprint density at radius 2 is 1.71 bits per heavy atom. The molecule has 2 aromatic heterocycles. The number of ether oxygens (including phenoxy) is 1. The number of furan rings is 1. The van der Waals surface area contributed by atoms with Crippen molar-refractivity contribution in [2.45, 2.75) is 13.3 Å². The number of aromatic nitrogens is 1. The van der Waals surface area contributed by atoms with Crippen LogP contribution in [0.1, 0.15) is 35.4 Å². The molecule has 0 aliphatic heterocycles. The van der Waals surface area contributed by atoms with E-state index in [1.54, 1.807) is 30.3 Å². The standard InChI is InChI=1S/C29H22BrNO4/c1-2-17-33-22-13-9-20(10-14-22)28(32)24(29-31-25-5-3-4-6-27(25)35-29)18-23-15-16-26(34-23)19-7-11-21(30)12-8-19/h3-16,18H,2,17H2,1H3/b24-18-. The van der Waals surface area contributed by atoms with Gasteiger partial charge in [0.1, 0.15) is 22.8 Å². The zero-order valence-corrected chi connectivity index (χ0v) is 20.6. The van der Waals surface area contributed by atoms with Gasteiger partial charge in [-0.3, -0.25) is 4.79 Å². The van der Waals surface area contributed by atoms with Crippen LogP contribution >= 0.6 is 15.9 Å². The summed E-state index contributed by atoms with van der Waals surface area (Å²) in [6.45, 7) is 2.67. The molecular formula is C29H22BrNO4. The van der Waals surface area contributed by atoms with E-state index in [-0.39, 0.29) is 11.7 Å². The first-order valence-electron chi connectivity index (χ1n) is 11.3. The molecule has 5 nitrogen and oxygen atoms in total. The number of hydrogen-bond acceptors (Lipinski definition) is 5. The first-order chi connectivity index (χ1) is 17.1. The van der Waals surface area contributed by atoms with Crippen molar-refractivity contribution in [2.75, 3.05) is 6.61 Å². The molecule has 5 aromatic rings. The van der Waals surface area contributed by atoms with E-state index in [1.165, 1.54) is 0 Å². The molecule has 0 atom stereocenters. The molecule has 0 saturated carbocycles. The van der Waals surface area contributed by atoms with E-state index in [0.717, 1.165) is 22.2 Å². The van der Waals surface area contributed by atoms with Crippen LogP contribution in [0.2, 0.25) is 0 Å². The van der Waals surface area contributed by atoms with Crippen LogP contribution in [0, 0.1) is 0 Å². The number of halogens is 1. The molecule has 0 bridgehead atoms. The molecule has 0 aliphatic carbocycles. The number of carbonyl (C=O) groups excluding carboxylic acids is 1. The molecule has 0 saturated heterocycles. The second-order valence-electron chi connectivity index (χ2n) is 7.96. The zero-order valence-electron chi connectivity index (χ0n) is 19.0. The van der Waals surface area contributed by atoms with Crippen molar-refractivity contribution in [2.24, 2.45) is 0 Å². The van der Waals surface area contributed by atoms with Crippen molar-refractivity contribution < 1.29 is 18.4 Å². The van der Waals surface area contributed by atoms with Gasteiger partial charge in [0, 0.05) is 15.6 Å². The fourth-order valence-corrected chi connectivity index (χ4v) is 3.90. The number of carbonyl (C=O) groups is 1. The van der Waals surface area contributed by atoms with Crippen molar-refractivity contribution in [3.8, 4) is 17.1 Å². The number of nitrogens with zero attached hydrogens (tertiary/aromatic N) is 1. The Balaban J connectivity index is 1.53. The van der Waals surface area contributed by atoms with Gasteiger partial charge in [0.05, 0.1) is 12.2 Å². The molecule has 0 N–H and O–H groups in total. The summed E-state index contributed by atoms with van der Waals surface area (Å²) in [5.41, 5.74) is 3.03. The highest BCUT2D eigenvalue weighted by Gasteiger charge is 2.21. The number of allylic oxidation sites excluding steroid dienone is 1. The second-order valence-corrected chi connectivity index (χ2v) is 8.87. The van der Waals surface area contributed by atoms with Gasteiger partial charge in [0.15, 0.2) is 11.4 Å². The second kappa shape index (κ2) is 10.2.